The summed E-state index contributed by atoms with van der Waals surface area (Å²) in [6.07, 6.45) is 3.59. The standard InChI is InChI=1S/C12H17NO/c13-11-7-4-8-12(14,9-11)10-5-2-1-3-6-10/h1-3,5-6,11,14H,4,7-9,13H2/t11-,12+/m1/s1. The van der Waals surface area contributed by atoms with Crippen LogP contribution in [0.5, 0.6) is 0 Å². The summed E-state index contributed by atoms with van der Waals surface area (Å²) < 4.78 is 0. The van der Waals surface area contributed by atoms with Gasteiger partial charge in [0.15, 0.2) is 0 Å². The van der Waals surface area contributed by atoms with Crippen LogP contribution in [-0.4, -0.2) is 11.1 Å². The Kier molecular flexibility index (Phi) is 2.57. The van der Waals surface area contributed by atoms with Crippen molar-refractivity contribution < 1.29 is 5.11 Å². The van der Waals surface area contributed by atoms with Crippen molar-refractivity contribution in [3.8, 4) is 0 Å². The minimum atomic E-state index is -0.682. The van der Waals surface area contributed by atoms with E-state index in [0.717, 1.165) is 24.8 Å². The molecule has 1 saturated carbocycles. The molecule has 1 aromatic carbocycles. The third kappa shape index (κ3) is 1.81. The fourth-order valence-corrected chi connectivity index (χ4v) is 2.31. The van der Waals surface area contributed by atoms with Gasteiger partial charge < -0.3 is 10.8 Å². The number of rotatable bonds is 1. The van der Waals surface area contributed by atoms with Gasteiger partial charge in [-0.15, -0.1) is 0 Å². The predicted octanol–water partition coefficient (Wildman–Crippen LogP) is 1.78. The van der Waals surface area contributed by atoms with Crippen molar-refractivity contribution in [2.75, 3.05) is 0 Å². The van der Waals surface area contributed by atoms with Gasteiger partial charge in [-0.1, -0.05) is 30.3 Å². The first kappa shape index (κ1) is 9.69. The number of aliphatic hydroxyl groups is 1. The molecular weight excluding hydrogens is 174 g/mol. The molecule has 0 radical (unpaired) electrons. The Morgan fingerprint density at radius 1 is 1.29 bits per heavy atom. The van der Waals surface area contributed by atoms with Crippen LogP contribution in [0.2, 0.25) is 0 Å². The van der Waals surface area contributed by atoms with E-state index in [0.29, 0.717) is 6.42 Å². The Morgan fingerprint density at radius 2 is 2.00 bits per heavy atom. The highest BCUT2D eigenvalue weighted by Crippen LogP contribution is 2.36. The Bertz CT molecular complexity index is 298. The molecule has 0 aliphatic heterocycles. The van der Waals surface area contributed by atoms with Gasteiger partial charge in [0.1, 0.15) is 0 Å². The van der Waals surface area contributed by atoms with Crippen molar-refractivity contribution in [2.45, 2.75) is 37.3 Å². The van der Waals surface area contributed by atoms with Gasteiger partial charge in [-0.2, -0.15) is 0 Å². The van der Waals surface area contributed by atoms with Gasteiger partial charge in [-0.05, 0) is 31.2 Å². The van der Waals surface area contributed by atoms with Crippen LogP contribution in [0, 0.1) is 0 Å². The summed E-state index contributed by atoms with van der Waals surface area (Å²) in [5, 5.41) is 10.4. The lowest BCUT2D eigenvalue weighted by molar-refractivity contribution is -0.00716. The zero-order chi connectivity index (χ0) is 10.0. The van der Waals surface area contributed by atoms with Crippen LogP contribution in [0.4, 0.5) is 0 Å². The summed E-state index contributed by atoms with van der Waals surface area (Å²) in [6.45, 7) is 0. The zero-order valence-corrected chi connectivity index (χ0v) is 8.32. The summed E-state index contributed by atoms with van der Waals surface area (Å²) in [5.74, 6) is 0. The smallest absolute Gasteiger partial charge is 0.0911 e. The number of benzene rings is 1. The molecular formula is C12H17NO. The van der Waals surface area contributed by atoms with Crippen LogP contribution in [0.1, 0.15) is 31.2 Å². The average molecular weight is 191 g/mol. The molecule has 1 aromatic rings. The monoisotopic (exact) mass is 191 g/mol. The maximum absolute atomic E-state index is 10.4. The quantitative estimate of drug-likeness (QED) is 0.710. The minimum absolute atomic E-state index is 0.147. The van der Waals surface area contributed by atoms with Crippen molar-refractivity contribution in [2.24, 2.45) is 5.73 Å². The van der Waals surface area contributed by atoms with Gasteiger partial charge in [0.2, 0.25) is 0 Å². The van der Waals surface area contributed by atoms with Gasteiger partial charge in [-0.3, -0.25) is 0 Å². The molecule has 2 nitrogen and oxygen atoms in total. The van der Waals surface area contributed by atoms with E-state index in [1.807, 2.05) is 30.3 Å². The predicted molar refractivity (Wildman–Crippen MR) is 56.8 cm³/mol. The number of hydrogen-bond acceptors (Lipinski definition) is 2. The Labute approximate surface area is 84.7 Å². The third-order valence-corrected chi connectivity index (χ3v) is 3.08. The van der Waals surface area contributed by atoms with E-state index in [2.05, 4.69) is 0 Å². The van der Waals surface area contributed by atoms with Crippen molar-refractivity contribution in [1.29, 1.82) is 0 Å². The Balaban J connectivity index is 2.23. The molecule has 2 rings (SSSR count). The molecule has 2 heteroatoms. The highest BCUT2D eigenvalue weighted by atomic mass is 16.3. The van der Waals surface area contributed by atoms with Gasteiger partial charge in [0, 0.05) is 6.04 Å². The average Bonchev–Trinajstić information content (AvgIpc) is 2.19. The van der Waals surface area contributed by atoms with E-state index in [4.69, 9.17) is 5.73 Å². The Morgan fingerprint density at radius 3 is 2.64 bits per heavy atom. The molecule has 76 valence electrons. The first-order valence-corrected chi connectivity index (χ1v) is 5.24. The molecule has 0 spiro atoms. The van der Waals surface area contributed by atoms with E-state index in [1.165, 1.54) is 0 Å². The normalized spacial score (nSPS) is 32.9. The maximum atomic E-state index is 10.4. The molecule has 0 amide bonds. The highest BCUT2D eigenvalue weighted by molar-refractivity contribution is 5.23. The molecule has 0 heterocycles. The van der Waals surface area contributed by atoms with Crippen molar-refractivity contribution in [3.63, 3.8) is 0 Å². The van der Waals surface area contributed by atoms with Gasteiger partial charge in [0.05, 0.1) is 5.60 Å². The second-order valence-corrected chi connectivity index (χ2v) is 4.25. The van der Waals surface area contributed by atoms with Crippen LogP contribution < -0.4 is 5.73 Å². The van der Waals surface area contributed by atoms with E-state index < -0.39 is 5.60 Å². The summed E-state index contributed by atoms with van der Waals surface area (Å²) in [6, 6.07) is 10.0. The molecule has 0 aromatic heterocycles. The van der Waals surface area contributed by atoms with Crippen LogP contribution in [0.25, 0.3) is 0 Å². The van der Waals surface area contributed by atoms with E-state index in [-0.39, 0.29) is 6.04 Å². The van der Waals surface area contributed by atoms with Crippen molar-refractivity contribution >= 4 is 0 Å². The van der Waals surface area contributed by atoms with Gasteiger partial charge in [0.25, 0.3) is 0 Å². The molecule has 3 N–H and O–H groups in total. The zero-order valence-electron chi connectivity index (χ0n) is 8.32. The second kappa shape index (κ2) is 3.71. The lowest BCUT2D eigenvalue weighted by Crippen LogP contribution is -2.39. The summed E-state index contributed by atoms with van der Waals surface area (Å²) in [4.78, 5) is 0. The topological polar surface area (TPSA) is 46.2 Å². The highest BCUT2D eigenvalue weighted by Gasteiger charge is 2.34. The molecule has 1 aliphatic rings. The Hall–Kier alpha value is -0.860. The van der Waals surface area contributed by atoms with Crippen LogP contribution in [0.3, 0.4) is 0 Å². The van der Waals surface area contributed by atoms with E-state index in [1.54, 1.807) is 0 Å². The lowest BCUT2D eigenvalue weighted by Gasteiger charge is -2.35. The number of nitrogens with two attached hydrogens (primary N) is 1. The molecule has 1 fully saturated rings. The minimum Gasteiger partial charge on any atom is -0.385 e. The molecule has 0 unspecified atom stereocenters. The van der Waals surface area contributed by atoms with Crippen LogP contribution in [0.15, 0.2) is 30.3 Å². The lowest BCUT2D eigenvalue weighted by atomic mass is 9.78. The fraction of sp³-hybridized carbons (Fsp3) is 0.500. The van der Waals surface area contributed by atoms with Crippen molar-refractivity contribution in [3.05, 3.63) is 35.9 Å². The van der Waals surface area contributed by atoms with Crippen molar-refractivity contribution in [1.82, 2.24) is 0 Å². The molecule has 2 atom stereocenters. The largest absolute Gasteiger partial charge is 0.385 e. The van der Waals surface area contributed by atoms with Gasteiger partial charge >= 0.3 is 0 Å². The first-order chi connectivity index (χ1) is 6.71. The second-order valence-electron chi connectivity index (χ2n) is 4.25. The van der Waals surface area contributed by atoms with E-state index in [9.17, 15) is 5.11 Å². The van der Waals surface area contributed by atoms with Gasteiger partial charge in [-0.25, -0.2) is 0 Å². The molecule has 0 bridgehead atoms. The first-order valence-electron chi connectivity index (χ1n) is 5.24. The third-order valence-electron chi connectivity index (χ3n) is 3.08. The summed E-state index contributed by atoms with van der Waals surface area (Å²) in [5.41, 5.74) is 6.22. The molecule has 14 heavy (non-hydrogen) atoms. The summed E-state index contributed by atoms with van der Waals surface area (Å²) in [7, 11) is 0. The fourth-order valence-electron chi connectivity index (χ4n) is 2.31. The molecule has 0 saturated heterocycles. The van der Waals surface area contributed by atoms with Crippen LogP contribution in [-0.2, 0) is 5.60 Å². The number of hydrogen-bond donors (Lipinski definition) is 2. The SMILES string of the molecule is N[C@@H]1CCC[C@@](O)(c2ccccc2)C1. The maximum Gasteiger partial charge on any atom is 0.0911 e. The van der Waals surface area contributed by atoms with Crippen LogP contribution >= 0.6 is 0 Å². The van der Waals surface area contributed by atoms with E-state index >= 15 is 0 Å². The summed E-state index contributed by atoms with van der Waals surface area (Å²) >= 11 is 0. The molecule has 1 aliphatic carbocycles.